The van der Waals surface area contributed by atoms with Gasteiger partial charge in [0, 0.05) is 12.6 Å². The summed E-state index contributed by atoms with van der Waals surface area (Å²) in [4.78, 5) is 12.5. The Balaban J connectivity index is 2.86. The number of hydrogen-bond acceptors (Lipinski definition) is 2. The second kappa shape index (κ2) is 3.77. The lowest BCUT2D eigenvalue weighted by atomic mass is 9.79. The molecule has 82 valence electrons. The van der Waals surface area contributed by atoms with Gasteiger partial charge in [-0.1, -0.05) is 20.8 Å². The van der Waals surface area contributed by atoms with Gasteiger partial charge in [-0.2, -0.15) is 0 Å². The highest BCUT2D eigenvalue weighted by Gasteiger charge is 2.43. The van der Waals surface area contributed by atoms with Gasteiger partial charge in [0.05, 0.1) is 0 Å². The maximum atomic E-state index is 11.0. The molecule has 0 radical (unpaired) electrons. The fraction of sp³-hybridized carbons (Fsp3) is 0.900. The zero-order valence-electron chi connectivity index (χ0n) is 9.16. The van der Waals surface area contributed by atoms with E-state index in [1.165, 1.54) is 4.90 Å². The number of likely N-dealkylation sites (tertiary alicyclic amines) is 1. The molecule has 1 heterocycles. The van der Waals surface area contributed by atoms with Crippen LogP contribution in [0.4, 0.5) is 4.79 Å². The molecule has 4 heteroatoms. The fourth-order valence-corrected chi connectivity index (χ4v) is 2.49. The molecule has 1 rings (SSSR count). The van der Waals surface area contributed by atoms with Crippen LogP contribution in [0.5, 0.6) is 0 Å². The third kappa shape index (κ3) is 2.00. The third-order valence-electron chi connectivity index (χ3n) is 2.96. The summed E-state index contributed by atoms with van der Waals surface area (Å²) in [6.45, 7) is 7.41. The quantitative estimate of drug-likeness (QED) is 0.671. The molecule has 2 atom stereocenters. The normalized spacial score (nSPS) is 28.1. The van der Waals surface area contributed by atoms with E-state index in [0.29, 0.717) is 19.0 Å². The number of amides is 1. The standard InChI is InChI=1S/C10H20N2O2/c1-10(2,3)8-7(6-11)4-5-12(8)9(13)14/h7-8H,4-6,11H2,1-3H3,(H,13,14). The maximum absolute atomic E-state index is 11.0. The molecule has 2 unspecified atom stereocenters. The smallest absolute Gasteiger partial charge is 0.407 e. The van der Waals surface area contributed by atoms with Crippen molar-refractivity contribution in [3.05, 3.63) is 0 Å². The summed E-state index contributed by atoms with van der Waals surface area (Å²) in [7, 11) is 0. The fourth-order valence-electron chi connectivity index (χ4n) is 2.49. The summed E-state index contributed by atoms with van der Waals surface area (Å²) >= 11 is 0. The third-order valence-corrected chi connectivity index (χ3v) is 2.96. The molecule has 0 bridgehead atoms. The second-order valence-electron chi connectivity index (χ2n) is 5.07. The molecule has 4 nitrogen and oxygen atoms in total. The molecule has 0 aromatic rings. The van der Waals surface area contributed by atoms with Gasteiger partial charge < -0.3 is 15.7 Å². The molecule has 1 fully saturated rings. The van der Waals surface area contributed by atoms with Crippen molar-refractivity contribution >= 4 is 6.09 Å². The van der Waals surface area contributed by atoms with Crippen LogP contribution in [0.25, 0.3) is 0 Å². The number of carboxylic acid groups (broad SMARTS) is 1. The Labute approximate surface area is 85.1 Å². The largest absolute Gasteiger partial charge is 0.465 e. The minimum absolute atomic E-state index is 0.0288. The van der Waals surface area contributed by atoms with Gasteiger partial charge in [0.15, 0.2) is 0 Å². The summed E-state index contributed by atoms with van der Waals surface area (Å²) in [6, 6.07) is 0.0602. The van der Waals surface area contributed by atoms with E-state index in [1.807, 2.05) is 0 Å². The lowest BCUT2D eigenvalue weighted by molar-refractivity contribution is 0.0924. The molecule has 1 saturated heterocycles. The Kier molecular flexibility index (Phi) is 3.04. The van der Waals surface area contributed by atoms with Crippen LogP contribution in [0.2, 0.25) is 0 Å². The maximum Gasteiger partial charge on any atom is 0.407 e. The first kappa shape index (κ1) is 11.3. The topological polar surface area (TPSA) is 66.6 Å². The van der Waals surface area contributed by atoms with Crippen molar-refractivity contribution < 1.29 is 9.90 Å². The first-order valence-electron chi connectivity index (χ1n) is 5.07. The van der Waals surface area contributed by atoms with E-state index in [4.69, 9.17) is 10.8 Å². The van der Waals surface area contributed by atoms with E-state index in [0.717, 1.165) is 6.42 Å². The molecule has 14 heavy (non-hydrogen) atoms. The van der Waals surface area contributed by atoms with Crippen LogP contribution in [-0.4, -0.2) is 35.2 Å². The van der Waals surface area contributed by atoms with E-state index < -0.39 is 6.09 Å². The minimum atomic E-state index is -0.819. The molecule has 1 aliphatic rings. The molecular formula is C10H20N2O2. The molecule has 3 N–H and O–H groups in total. The highest BCUT2D eigenvalue weighted by Crippen LogP contribution is 2.36. The zero-order valence-corrected chi connectivity index (χ0v) is 9.16. The first-order chi connectivity index (χ1) is 6.38. The molecule has 1 aliphatic heterocycles. The van der Waals surface area contributed by atoms with Gasteiger partial charge in [0.2, 0.25) is 0 Å². The lowest BCUT2D eigenvalue weighted by Gasteiger charge is -2.36. The minimum Gasteiger partial charge on any atom is -0.465 e. The molecule has 0 spiro atoms. The van der Waals surface area contributed by atoms with Crippen LogP contribution in [0, 0.1) is 11.3 Å². The molecule has 0 saturated carbocycles. The van der Waals surface area contributed by atoms with Crippen molar-refractivity contribution in [2.75, 3.05) is 13.1 Å². The number of carbonyl (C=O) groups is 1. The van der Waals surface area contributed by atoms with Gasteiger partial charge >= 0.3 is 6.09 Å². The summed E-state index contributed by atoms with van der Waals surface area (Å²) in [5, 5.41) is 9.05. The van der Waals surface area contributed by atoms with Crippen molar-refractivity contribution in [2.24, 2.45) is 17.1 Å². The average Bonchev–Trinajstić information content (AvgIpc) is 2.45. The Bertz CT molecular complexity index is 223. The van der Waals surface area contributed by atoms with Gasteiger partial charge in [-0.15, -0.1) is 0 Å². The van der Waals surface area contributed by atoms with Crippen LogP contribution >= 0.6 is 0 Å². The Morgan fingerprint density at radius 1 is 1.57 bits per heavy atom. The number of rotatable bonds is 1. The van der Waals surface area contributed by atoms with Gasteiger partial charge in [-0.25, -0.2) is 4.79 Å². The number of hydrogen-bond donors (Lipinski definition) is 2. The summed E-state index contributed by atoms with van der Waals surface area (Å²) < 4.78 is 0. The van der Waals surface area contributed by atoms with E-state index in [2.05, 4.69) is 20.8 Å². The average molecular weight is 200 g/mol. The van der Waals surface area contributed by atoms with Crippen molar-refractivity contribution in [3.63, 3.8) is 0 Å². The van der Waals surface area contributed by atoms with E-state index in [9.17, 15) is 4.79 Å². The molecule has 1 amide bonds. The van der Waals surface area contributed by atoms with Gasteiger partial charge in [-0.3, -0.25) is 0 Å². The van der Waals surface area contributed by atoms with Crippen LogP contribution in [0.15, 0.2) is 0 Å². The van der Waals surface area contributed by atoms with Crippen LogP contribution < -0.4 is 5.73 Å². The van der Waals surface area contributed by atoms with Gasteiger partial charge in [0.25, 0.3) is 0 Å². The van der Waals surface area contributed by atoms with Crippen LogP contribution in [0.1, 0.15) is 27.2 Å². The predicted molar refractivity (Wildman–Crippen MR) is 55.1 cm³/mol. The number of nitrogens with zero attached hydrogens (tertiary/aromatic N) is 1. The summed E-state index contributed by atoms with van der Waals surface area (Å²) in [5.74, 6) is 0.311. The van der Waals surface area contributed by atoms with Gasteiger partial charge in [0.1, 0.15) is 0 Å². The first-order valence-corrected chi connectivity index (χ1v) is 5.07. The SMILES string of the molecule is CC(C)(C)C1C(CN)CCN1C(=O)O. The molecule has 0 aromatic heterocycles. The molecule has 0 aliphatic carbocycles. The zero-order chi connectivity index (χ0) is 10.9. The Morgan fingerprint density at radius 2 is 2.14 bits per heavy atom. The van der Waals surface area contributed by atoms with E-state index in [-0.39, 0.29) is 11.5 Å². The Hall–Kier alpha value is -0.770. The highest BCUT2D eigenvalue weighted by atomic mass is 16.4. The van der Waals surface area contributed by atoms with Gasteiger partial charge in [-0.05, 0) is 24.3 Å². The molecular weight excluding hydrogens is 180 g/mol. The highest BCUT2D eigenvalue weighted by molar-refractivity contribution is 5.66. The van der Waals surface area contributed by atoms with E-state index in [1.54, 1.807) is 0 Å². The Morgan fingerprint density at radius 3 is 2.50 bits per heavy atom. The predicted octanol–water partition coefficient (Wildman–Crippen LogP) is 1.36. The number of nitrogens with two attached hydrogens (primary N) is 1. The van der Waals surface area contributed by atoms with Crippen LogP contribution in [-0.2, 0) is 0 Å². The monoisotopic (exact) mass is 200 g/mol. The van der Waals surface area contributed by atoms with Crippen LogP contribution in [0.3, 0.4) is 0 Å². The van der Waals surface area contributed by atoms with Crippen molar-refractivity contribution in [1.82, 2.24) is 4.90 Å². The summed E-state index contributed by atoms with van der Waals surface area (Å²) in [5.41, 5.74) is 5.63. The van der Waals surface area contributed by atoms with Crippen molar-refractivity contribution in [1.29, 1.82) is 0 Å². The molecule has 0 aromatic carbocycles. The second-order valence-corrected chi connectivity index (χ2v) is 5.07. The van der Waals surface area contributed by atoms with E-state index >= 15 is 0 Å². The van der Waals surface area contributed by atoms with Crippen molar-refractivity contribution in [3.8, 4) is 0 Å². The lowest BCUT2D eigenvalue weighted by Crippen LogP contribution is -2.46. The van der Waals surface area contributed by atoms with Crippen molar-refractivity contribution in [2.45, 2.75) is 33.2 Å². The summed E-state index contributed by atoms with van der Waals surface area (Å²) in [6.07, 6.45) is 0.0750.